The van der Waals surface area contributed by atoms with E-state index in [1.54, 1.807) is 0 Å². The zero-order valence-corrected chi connectivity index (χ0v) is 9.28. The quantitative estimate of drug-likeness (QED) is 0.791. The maximum atomic E-state index is 3.44. The minimum atomic E-state index is 1.11. The van der Waals surface area contributed by atoms with E-state index in [9.17, 15) is 0 Å². The van der Waals surface area contributed by atoms with Crippen molar-refractivity contribution in [1.29, 1.82) is 0 Å². The van der Waals surface area contributed by atoms with Gasteiger partial charge >= 0.3 is 0 Å². The molecule has 1 fully saturated rings. The average molecular weight is 204 g/mol. The summed E-state index contributed by atoms with van der Waals surface area (Å²) >= 11 is 0. The third-order valence-electron chi connectivity index (χ3n) is 2.90. The van der Waals surface area contributed by atoms with Crippen molar-refractivity contribution in [3.63, 3.8) is 0 Å². The third-order valence-corrected chi connectivity index (χ3v) is 2.90. The van der Waals surface area contributed by atoms with Crippen molar-refractivity contribution in [3.8, 4) is 0 Å². The Labute approximate surface area is 92.3 Å². The summed E-state index contributed by atoms with van der Waals surface area (Å²) < 4.78 is 0. The van der Waals surface area contributed by atoms with Gasteiger partial charge in [0.05, 0.1) is 0 Å². The van der Waals surface area contributed by atoms with Crippen LogP contribution >= 0.6 is 0 Å². The standard InChI is InChI=1S/C13H20N2/c1-2-6-13(7-3-1)12-15-10-4-8-14-9-5-11-15/h1-3,6-7,14H,4-5,8-12H2. The molecule has 1 N–H and O–H groups in total. The Morgan fingerprint density at radius 1 is 1.00 bits per heavy atom. The minimum absolute atomic E-state index is 1.11. The van der Waals surface area contributed by atoms with Crippen molar-refractivity contribution in [2.24, 2.45) is 0 Å². The highest BCUT2D eigenvalue weighted by Gasteiger charge is 2.07. The van der Waals surface area contributed by atoms with Crippen molar-refractivity contribution in [3.05, 3.63) is 35.9 Å². The molecule has 0 radical (unpaired) electrons. The molecule has 0 atom stereocenters. The molecule has 0 aromatic heterocycles. The lowest BCUT2D eigenvalue weighted by Crippen LogP contribution is -2.33. The molecule has 0 saturated carbocycles. The van der Waals surface area contributed by atoms with Crippen LogP contribution in [0.3, 0.4) is 0 Å². The first kappa shape index (κ1) is 10.7. The number of benzene rings is 1. The molecule has 1 saturated heterocycles. The second-order valence-electron chi connectivity index (χ2n) is 4.22. The van der Waals surface area contributed by atoms with Gasteiger partial charge in [-0.1, -0.05) is 30.3 Å². The van der Waals surface area contributed by atoms with Gasteiger partial charge in [0.25, 0.3) is 0 Å². The molecule has 1 aliphatic heterocycles. The molecular weight excluding hydrogens is 184 g/mol. The summed E-state index contributed by atoms with van der Waals surface area (Å²) in [4.78, 5) is 2.57. The van der Waals surface area contributed by atoms with E-state index in [4.69, 9.17) is 0 Å². The molecule has 0 unspecified atom stereocenters. The van der Waals surface area contributed by atoms with Gasteiger partial charge in [0, 0.05) is 6.54 Å². The summed E-state index contributed by atoms with van der Waals surface area (Å²) in [5.74, 6) is 0. The van der Waals surface area contributed by atoms with Gasteiger partial charge in [0.1, 0.15) is 0 Å². The molecule has 0 spiro atoms. The van der Waals surface area contributed by atoms with E-state index in [1.807, 2.05) is 0 Å². The Morgan fingerprint density at radius 3 is 2.33 bits per heavy atom. The molecule has 0 amide bonds. The van der Waals surface area contributed by atoms with Crippen LogP contribution in [0.15, 0.2) is 30.3 Å². The Hall–Kier alpha value is -0.860. The first-order valence-electron chi connectivity index (χ1n) is 5.92. The monoisotopic (exact) mass is 204 g/mol. The molecule has 0 bridgehead atoms. The van der Waals surface area contributed by atoms with Gasteiger partial charge in [-0.25, -0.2) is 0 Å². The first-order valence-corrected chi connectivity index (χ1v) is 5.92. The maximum Gasteiger partial charge on any atom is 0.0233 e. The van der Waals surface area contributed by atoms with Crippen LogP contribution in [0.5, 0.6) is 0 Å². The van der Waals surface area contributed by atoms with Gasteiger partial charge in [-0.3, -0.25) is 4.90 Å². The van der Waals surface area contributed by atoms with Crippen LogP contribution in [0.2, 0.25) is 0 Å². The van der Waals surface area contributed by atoms with Crippen molar-refractivity contribution in [2.75, 3.05) is 26.2 Å². The SMILES string of the molecule is c1ccc(CN2CCCNCCC2)cc1. The van der Waals surface area contributed by atoms with Gasteiger partial charge in [-0.05, 0) is 44.6 Å². The van der Waals surface area contributed by atoms with E-state index >= 15 is 0 Å². The summed E-state index contributed by atoms with van der Waals surface area (Å²) in [5.41, 5.74) is 1.44. The van der Waals surface area contributed by atoms with Crippen LogP contribution in [0.4, 0.5) is 0 Å². The number of rotatable bonds is 2. The maximum absolute atomic E-state index is 3.44. The van der Waals surface area contributed by atoms with E-state index < -0.39 is 0 Å². The fourth-order valence-electron chi connectivity index (χ4n) is 2.09. The highest BCUT2D eigenvalue weighted by Crippen LogP contribution is 2.06. The molecule has 2 heteroatoms. The number of nitrogens with zero attached hydrogens (tertiary/aromatic N) is 1. The van der Waals surface area contributed by atoms with Crippen molar-refractivity contribution < 1.29 is 0 Å². The molecule has 2 rings (SSSR count). The minimum Gasteiger partial charge on any atom is -0.317 e. The molecule has 2 nitrogen and oxygen atoms in total. The van der Waals surface area contributed by atoms with Gasteiger partial charge in [0.2, 0.25) is 0 Å². The van der Waals surface area contributed by atoms with E-state index in [1.165, 1.54) is 44.6 Å². The molecule has 1 heterocycles. The van der Waals surface area contributed by atoms with Crippen LogP contribution < -0.4 is 5.32 Å². The average Bonchev–Trinajstić information content (AvgIpc) is 2.23. The lowest BCUT2D eigenvalue weighted by atomic mass is 10.2. The van der Waals surface area contributed by atoms with E-state index in [2.05, 4.69) is 40.5 Å². The Bertz CT molecular complexity index is 263. The van der Waals surface area contributed by atoms with Crippen LogP contribution in [-0.4, -0.2) is 31.1 Å². The smallest absolute Gasteiger partial charge is 0.0233 e. The van der Waals surface area contributed by atoms with Gasteiger partial charge < -0.3 is 5.32 Å². The summed E-state index contributed by atoms with van der Waals surface area (Å²) in [5, 5.41) is 3.44. The lowest BCUT2D eigenvalue weighted by Gasteiger charge is -2.24. The van der Waals surface area contributed by atoms with Crippen molar-refractivity contribution in [1.82, 2.24) is 10.2 Å². The molecule has 0 aliphatic carbocycles. The normalized spacial score (nSPS) is 19.5. The van der Waals surface area contributed by atoms with Crippen LogP contribution in [-0.2, 0) is 6.54 Å². The molecule has 1 aromatic rings. The molecule has 1 aromatic carbocycles. The third kappa shape index (κ3) is 3.65. The molecule has 15 heavy (non-hydrogen) atoms. The topological polar surface area (TPSA) is 15.3 Å². The number of hydrogen-bond donors (Lipinski definition) is 1. The second kappa shape index (κ2) is 5.89. The zero-order valence-electron chi connectivity index (χ0n) is 9.28. The highest BCUT2D eigenvalue weighted by atomic mass is 15.1. The predicted octanol–water partition coefficient (Wildman–Crippen LogP) is 1.87. The Kier molecular flexibility index (Phi) is 4.18. The van der Waals surface area contributed by atoms with Gasteiger partial charge in [-0.15, -0.1) is 0 Å². The van der Waals surface area contributed by atoms with E-state index in [0.29, 0.717) is 0 Å². The van der Waals surface area contributed by atoms with Gasteiger partial charge in [-0.2, -0.15) is 0 Å². The largest absolute Gasteiger partial charge is 0.317 e. The van der Waals surface area contributed by atoms with Crippen molar-refractivity contribution >= 4 is 0 Å². The van der Waals surface area contributed by atoms with E-state index in [-0.39, 0.29) is 0 Å². The molecule has 1 aliphatic rings. The van der Waals surface area contributed by atoms with Gasteiger partial charge in [0.15, 0.2) is 0 Å². The zero-order chi connectivity index (χ0) is 10.3. The lowest BCUT2D eigenvalue weighted by molar-refractivity contribution is 0.245. The Morgan fingerprint density at radius 2 is 1.67 bits per heavy atom. The first-order chi connectivity index (χ1) is 7.45. The summed E-state index contributed by atoms with van der Waals surface area (Å²) in [7, 11) is 0. The van der Waals surface area contributed by atoms with Crippen molar-refractivity contribution in [2.45, 2.75) is 19.4 Å². The van der Waals surface area contributed by atoms with Crippen LogP contribution in [0.1, 0.15) is 18.4 Å². The predicted molar refractivity (Wildman–Crippen MR) is 63.8 cm³/mol. The summed E-state index contributed by atoms with van der Waals surface area (Å²) in [6.45, 7) is 5.90. The summed E-state index contributed by atoms with van der Waals surface area (Å²) in [6.07, 6.45) is 2.54. The van der Waals surface area contributed by atoms with Crippen LogP contribution in [0.25, 0.3) is 0 Å². The van der Waals surface area contributed by atoms with Crippen LogP contribution in [0, 0.1) is 0 Å². The highest BCUT2D eigenvalue weighted by molar-refractivity contribution is 5.14. The fourth-order valence-corrected chi connectivity index (χ4v) is 2.09. The second-order valence-corrected chi connectivity index (χ2v) is 4.22. The van der Waals surface area contributed by atoms with E-state index in [0.717, 1.165) is 6.54 Å². The Balaban J connectivity index is 1.86. The molecular formula is C13H20N2. The fraction of sp³-hybridized carbons (Fsp3) is 0.538. The number of nitrogens with one attached hydrogen (secondary N) is 1. The summed E-state index contributed by atoms with van der Waals surface area (Å²) in [6, 6.07) is 10.8. The molecule has 82 valence electrons. The number of hydrogen-bond acceptors (Lipinski definition) is 2.